The molecule has 2 aromatic rings. The molecule has 1 atom stereocenters. The lowest BCUT2D eigenvalue weighted by Crippen LogP contribution is -2.29. The van der Waals surface area contributed by atoms with Gasteiger partial charge in [0, 0.05) is 19.3 Å². The maximum absolute atomic E-state index is 12.5. The lowest BCUT2D eigenvalue weighted by Gasteiger charge is -2.16. The van der Waals surface area contributed by atoms with Crippen molar-refractivity contribution in [1.82, 2.24) is 24.9 Å². The molecule has 0 radical (unpaired) electrons. The summed E-state index contributed by atoms with van der Waals surface area (Å²) in [4.78, 5) is 14.5. The van der Waals surface area contributed by atoms with Crippen molar-refractivity contribution in [3.8, 4) is 0 Å². The minimum absolute atomic E-state index is 0.0979. The van der Waals surface area contributed by atoms with Gasteiger partial charge in [0.25, 0.3) is 5.91 Å². The molecular formula is C14H17N5O. The highest BCUT2D eigenvalue weighted by molar-refractivity contribution is 5.94. The third-order valence-corrected chi connectivity index (χ3v) is 4.38. The minimum Gasteiger partial charge on any atom is -0.338 e. The number of nitrogens with zero attached hydrogens (tertiary/aromatic N) is 5. The van der Waals surface area contributed by atoms with Gasteiger partial charge >= 0.3 is 0 Å². The first-order valence-electron chi connectivity index (χ1n) is 7.26. The van der Waals surface area contributed by atoms with E-state index in [1.54, 1.807) is 16.8 Å². The summed E-state index contributed by atoms with van der Waals surface area (Å²) in [5.41, 5.74) is 1.33. The number of aromatic nitrogens is 4. The summed E-state index contributed by atoms with van der Waals surface area (Å²) in [6, 6.07) is 3.59. The Bertz CT molecular complexity index is 648. The molecule has 6 nitrogen and oxygen atoms in total. The molecule has 3 heterocycles. The standard InChI is InChI=1S/C14H17N5O/c20-14(12-3-4-13-15-16-17-19(13)9-12)18-6-5-11(8-18)7-10-1-2-10/h3-4,9-11H,1-2,5-8H2. The number of amides is 1. The maximum Gasteiger partial charge on any atom is 0.255 e. The van der Waals surface area contributed by atoms with Crippen molar-refractivity contribution >= 4 is 11.6 Å². The van der Waals surface area contributed by atoms with E-state index in [4.69, 9.17) is 0 Å². The molecule has 0 spiro atoms. The molecule has 1 unspecified atom stereocenters. The van der Waals surface area contributed by atoms with Crippen molar-refractivity contribution in [2.75, 3.05) is 13.1 Å². The number of hydrogen-bond donors (Lipinski definition) is 0. The fourth-order valence-electron chi connectivity index (χ4n) is 3.08. The number of carbonyl (C=O) groups is 1. The summed E-state index contributed by atoms with van der Waals surface area (Å²) in [5.74, 6) is 1.73. The van der Waals surface area contributed by atoms with E-state index in [9.17, 15) is 4.79 Å². The van der Waals surface area contributed by atoms with Gasteiger partial charge in [-0.05, 0) is 47.2 Å². The van der Waals surface area contributed by atoms with E-state index < -0.39 is 0 Å². The third kappa shape index (κ3) is 2.15. The Morgan fingerprint density at radius 1 is 1.25 bits per heavy atom. The van der Waals surface area contributed by atoms with Gasteiger partial charge < -0.3 is 4.90 Å². The van der Waals surface area contributed by atoms with Crippen molar-refractivity contribution in [3.05, 3.63) is 23.9 Å². The largest absolute Gasteiger partial charge is 0.338 e. The van der Waals surface area contributed by atoms with Crippen LogP contribution in [0.3, 0.4) is 0 Å². The van der Waals surface area contributed by atoms with Gasteiger partial charge in [-0.15, -0.1) is 5.10 Å². The Balaban J connectivity index is 1.48. The summed E-state index contributed by atoms with van der Waals surface area (Å²) in [7, 11) is 0. The molecule has 2 fully saturated rings. The van der Waals surface area contributed by atoms with E-state index in [-0.39, 0.29) is 5.91 Å². The normalized spacial score (nSPS) is 22.6. The number of rotatable bonds is 3. The van der Waals surface area contributed by atoms with Gasteiger partial charge in [-0.25, -0.2) is 0 Å². The first-order chi connectivity index (χ1) is 9.79. The molecule has 0 bridgehead atoms. The SMILES string of the molecule is O=C(c1ccc2nnnn2c1)N1CCC(CC2CC2)C1. The monoisotopic (exact) mass is 271 g/mol. The number of fused-ring (bicyclic) bond motifs is 1. The number of tetrazole rings is 1. The van der Waals surface area contributed by atoms with Crippen LogP contribution in [0.2, 0.25) is 0 Å². The number of hydrogen-bond acceptors (Lipinski definition) is 4. The van der Waals surface area contributed by atoms with Gasteiger partial charge in [0.05, 0.1) is 5.56 Å². The molecule has 0 aromatic carbocycles. The van der Waals surface area contributed by atoms with E-state index in [0.717, 1.165) is 25.4 Å². The Hall–Kier alpha value is -1.98. The van der Waals surface area contributed by atoms with Crippen LogP contribution in [0.15, 0.2) is 18.3 Å². The van der Waals surface area contributed by atoms with Gasteiger partial charge in [-0.3, -0.25) is 4.79 Å². The highest BCUT2D eigenvalue weighted by Gasteiger charge is 2.32. The minimum atomic E-state index is 0.0979. The predicted octanol–water partition coefficient (Wildman–Crippen LogP) is 1.39. The van der Waals surface area contributed by atoms with Crippen LogP contribution in [0, 0.1) is 11.8 Å². The first-order valence-corrected chi connectivity index (χ1v) is 7.26. The van der Waals surface area contributed by atoms with E-state index in [2.05, 4.69) is 15.5 Å². The molecule has 1 amide bonds. The predicted molar refractivity (Wildman–Crippen MR) is 72.1 cm³/mol. The number of pyridine rings is 1. The van der Waals surface area contributed by atoms with Crippen LogP contribution in [-0.4, -0.2) is 43.9 Å². The molecule has 20 heavy (non-hydrogen) atoms. The van der Waals surface area contributed by atoms with E-state index in [0.29, 0.717) is 17.1 Å². The molecule has 2 aromatic heterocycles. The van der Waals surface area contributed by atoms with Crippen molar-refractivity contribution in [1.29, 1.82) is 0 Å². The fraction of sp³-hybridized carbons (Fsp3) is 0.571. The van der Waals surface area contributed by atoms with Crippen LogP contribution < -0.4 is 0 Å². The highest BCUT2D eigenvalue weighted by Crippen LogP contribution is 2.38. The molecular weight excluding hydrogens is 254 g/mol. The second-order valence-corrected chi connectivity index (χ2v) is 5.98. The average Bonchev–Trinajstić information content (AvgIpc) is 2.98. The zero-order valence-electron chi connectivity index (χ0n) is 11.3. The van der Waals surface area contributed by atoms with E-state index >= 15 is 0 Å². The third-order valence-electron chi connectivity index (χ3n) is 4.38. The molecule has 104 valence electrons. The van der Waals surface area contributed by atoms with Crippen LogP contribution >= 0.6 is 0 Å². The van der Waals surface area contributed by atoms with E-state index in [1.165, 1.54) is 19.3 Å². The van der Waals surface area contributed by atoms with Crippen molar-refractivity contribution < 1.29 is 4.79 Å². The van der Waals surface area contributed by atoms with Gasteiger partial charge in [0.1, 0.15) is 0 Å². The fourth-order valence-corrected chi connectivity index (χ4v) is 3.08. The molecule has 0 N–H and O–H groups in total. The summed E-state index contributed by atoms with van der Waals surface area (Å²) >= 11 is 0. The van der Waals surface area contributed by atoms with Crippen LogP contribution in [0.1, 0.15) is 36.0 Å². The smallest absolute Gasteiger partial charge is 0.255 e. The molecule has 1 aliphatic carbocycles. The van der Waals surface area contributed by atoms with Gasteiger partial charge in [-0.1, -0.05) is 12.8 Å². The molecule has 4 rings (SSSR count). The van der Waals surface area contributed by atoms with Crippen molar-refractivity contribution in [3.63, 3.8) is 0 Å². The van der Waals surface area contributed by atoms with Crippen LogP contribution in [0.25, 0.3) is 5.65 Å². The molecule has 2 aliphatic rings. The summed E-state index contributed by atoms with van der Waals surface area (Å²) < 4.78 is 1.55. The second kappa shape index (κ2) is 4.54. The quantitative estimate of drug-likeness (QED) is 0.846. The van der Waals surface area contributed by atoms with Gasteiger partial charge in [0.2, 0.25) is 0 Å². The topological polar surface area (TPSA) is 63.4 Å². The van der Waals surface area contributed by atoms with Crippen LogP contribution in [0.4, 0.5) is 0 Å². The van der Waals surface area contributed by atoms with E-state index in [1.807, 2.05) is 11.0 Å². The Morgan fingerprint density at radius 3 is 3.00 bits per heavy atom. The Morgan fingerprint density at radius 2 is 2.15 bits per heavy atom. The second-order valence-electron chi connectivity index (χ2n) is 5.98. The molecule has 6 heteroatoms. The Labute approximate surface area is 116 Å². The number of carbonyl (C=O) groups excluding carboxylic acids is 1. The van der Waals surface area contributed by atoms with Crippen molar-refractivity contribution in [2.45, 2.75) is 25.7 Å². The van der Waals surface area contributed by atoms with Crippen LogP contribution in [0.5, 0.6) is 0 Å². The Kier molecular flexibility index (Phi) is 2.68. The summed E-state index contributed by atoms with van der Waals surface area (Å²) in [6.07, 6.45) is 6.94. The van der Waals surface area contributed by atoms with Gasteiger partial charge in [0.15, 0.2) is 5.65 Å². The summed E-state index contributed by atoms with van der Waals surface area (Å²) in [5, 5.41) is 11.3. The summed E-state index contributed by atoms with van der Waals surface area (Å²) in [6.45, 7) is 1.78. The number of likely N-dealkylation sites (tertiary alicyclic amines) is 1. The first kappa shape index (κ1) is 11.8. The van der Waals surface area contributed by atoms with Crippen molar-refractivity contribution in [2.24, 2.45) is 11.8 Å². The molecule has 1 saturated heterocycles. The van der Waals surface area contributed by atoms with Crippen LogP contribution in [-0.2, 0) is 0 Å². The zero-order valence-corrected chi connectivity index (χ0v) is 11.3. The zero-order chi connectivity index (χ0) is 13.5. The van der Waals surface area contributed by atoms with Gasteiger partial charge in [-0.2, -0.15) is 4.52 Å². The highest BCUT2D eigenvalue weighted by atomic mass is 16.2. The lowest BCUT2D eigenvalue weighted by molar-refractivity contribution is 0.0785. The average molecular weight is 271 g/mol. The maximum atomic E-state index is 12.5. The lowest BCUT2D eigenvalue weighted by atomic mass is 10.0. The molecule has 1 saturated carbocycles. The molecule has 1 aliphatic heterocycles.